The minimum Gasteiger partial charge on any atom is -0.399 e. The molecule has 0 radical (unpaired) electrons. The molecular weight excluding hydrogens is 324 g/mol. The molecule has 0 unspecified atom stereocenters. The number of carbonyl (C=O) groups is 1. The lowest BCUT2D eigenvalue weighted by Crippen LogP contribution is -2.10. The molecular formula is C19H15ClN2O2. The fourth-order valence-electron chi connectivity index (χ4n) is 3.34. The van der Waals surface area contributed by atoms with E-state index in [0.717, 1.165) is 33.5 Å². The summed E-state index contributed by atoms with van der Waals surface area (Å²) in [7, 11) is 1.51. The summed E-state index contributed by atoms with van der Waals surface area (Å²) in [5, 5.41) is 7.76. The Morgan fingerprint density at radius 3 is 2.79 bits per heavy atom. The number of nitrogens with zero attached hydrogens (tertiary/aromatic N) is 1. The lowest BCUT2D eigenvalue weighted by molar-refractivity contribution is -0.110. The zero-order valence-corrected chi connectivity index (χ0v) is 14.1. The number of allylic oxidation sites excluding steroid dienone is 1. The van der Waals surface area contributed by atoms with E-state index in [1.807, 2.05) is 43.3 Å². The Morgan fingerprint density at radius 1 is 1.21 bits per heavy atom. The van der Waals surface area contributed by atoms with E-state index >= 15 is 0 Å². The van der Waals surface area contributed by atoms with Crippen molar-refractivity contribution in [3.63, 3.8) is 0 Å². The largest absolute Gasteiger partial charge is 0.399 e. The number of halogens is 1. The summed E-state index contributed by atoms with van der Waals surface area (Å²) in [6.45, 7) is 1.92. The van der Waals surface area contributed by atoms with Gasteiger partial charge in [0, 0.05) is 28.3 Å². The average molecular weight is 339 g/mol. The fraction of sp³-hybridized carbons (Fsp3) is 0.158. The van der Waals surface area contributed by atoms with Gasteiger partial charge < -0.3 is 10.2 Å². The van der Waals surface area contributed by atoms with Crippen LogP contribution in [-0.4, -0.2) is 18.7 Å². The first-order chi connectivity index (χ1) is 11.6. The molecule has 0 saturated carbocycles. The second-order valence-electron chi connectivity index (χ2n) is 5.91. The summed E-state index contributed by atoms with van der Waals surface area (Å²) in [5.74, 6) is -0.127. The van der Waals surface area contributed by atoms with Crippen LogP contribution in [0.15, 0.2) is 47.1 Å². The third-order valence-electron chi connectivity index (χ3n) is 4.45. The van der Waals surface area contributed by atoms with E-state index in [1.54, 1.807) is 0 Å². The number of nitrogens with one attached hydrogen (secondary N) is 1. The van der Waals surface area contributed by atoms with Crippen LogP contribution in [0.4, 0.5) is 5.69 Å². The Bertz CT molecular complexity index is 944. The third-order valence-corrected chi connectivity index (χ3v) is 4.86. The van der Waals surface area contributed by atoms with Crippen LogP contribution >= 0.6 is 11.6 Å². The zero-order valence-electron chi connectivity index (χ0n) is 13.3. The molecule has 0 spiro atoms. The Labute approximate surface area is 144 Å². The first kappa shape index (κ1) is 15.0. The fourth-order valence-corrected chi connectivity index (χ4v) is 3.51. The van der Waals surface area contributed by atoms with E-state index in [4.69, 9.17) is 16.4 Å². The van der Waals surface area contributed by atoms with Crippen LogP contribution in [0.3, 0.4) is 0 Å². The van der Waals surface area contributed by atoms with Crippen molar-refractivity contribution < 1.29 is 9.63 Å². The molecule has 1 heterocycles. The molecule has 4 rings (SSSR count). The summed E-state index contributed by atoms with van der Waals surface area (Å²) >= 11 is 6.28. The maximum Gasteiger partial charge on any atom is 0.256 e. The smallest absolute Gasteiger partial charge is 0.256 e. The SMILES string of the molecule is CO/N=C1/C(=C2/C(=O)Nc3cc(C)c(Cl)cc32)Cc2ccccc21. The molecule has 24 heavy (non-hydrogen) atoms. The number of aryl methyl sites for hydroxylation is 1. The van der Waals surface area contributed by atoms with Crippen LogP contribution in [-0.2, 0) is 16.1 Å². The summed E-state index contributed by atoms with van der Waals surface area (Å²) in [5.41, 5.74) is 6.88. The zero-order chi connectivity index (χ0) is 16.8. The monoisotopic (exact) mass is 338 g/mol. The standard InChI is InChI=1S/C19H15ClN2O2/c1-10-7-16-13(9-15(10)20)17(19(23)21-16)14-8-11-5-3-4-6-12(11)18(14)22-24-2/h3-7,9H,8H2,1-2H3,(H,21,23)/b17-14+,22-18+. The Kier molecular flexibility index (Phi) is 3.43. The predicted octanol–water partition coefficient (Wildman–Crippen LogP) is 3.96. The van der Waals surface area contributed by atoms with Crippen LogP contribution < -0.4 is 5.32 Å². The molecule has 1 aliphatic heterocycles. The molecule has 1 aliphatic carbocycles. The Hall–Kier alpha value is -2.59. The Morgan fingerprint density at radius 2 is 2.00 bits per heavy atom. The molecule has 0 bridgehead atoms. The molecule has 2 aliphatic rings. The summed E-state index contributed by atoms with van der Waals surface area (Å²) in [4.78, 5) is 17.7. The van der Waals surface area contributed by atoms with E-state index in [1.165, 1.54) is 7.11 Å². The van der Waals surface area contributed by atoms with Crippen molar-refractivity contribution >= 4 is 34.5 Å². The van der Waals surface area contributed by atoms with Gasteiger partial charge in [-0.2, -0.15) is 0 Å². The number of oxime groups is 1. The van der Waals surface area contributed by atoms with Gasteiger partial charge in [-0.25, -0.2) is 0 Å². The van der Waals surface area contributed by atoms with Crippen molar-refractivity contribution in [2.24, 2.45) is 5.16 Å². The number of hydrogen-bond donors (Lipinski definition) is 1. The molecule has 0 saturated heterocycles. The topological polar surface area (TPSA) is 50.7 Å². The molecule has 0 fully saturated rings. The van der Waals surface area contributed by atoms with E-state index < -0.39 is 0 Å². The van der Waals surface area contributed by atoms with Crippen molar-refractivity contribution in [3.8, 4) is 0 Å². The number of fused-ring (bicyclic) bond motifs is 2. The van der Waals surface area contributed by atoms with Crippen molar-refractivity contribution in [3.05, 3.63) is 69.2 Å². The molecule has 0 aromatic heterocycles. The summed E-state index contributed by atoms with van der Waals surface area (Å²) in [6.07, 6.45) is 0.645. The van der Waals surface area contributed by atoms with Crippen LogP contribution in [0.25, 0.3) is 5.57 Å². The highest BCUT2D eigenvalue weighted by Gasteiger charge is 2.34. The maximum absolute atomic E-state index is 12.6. The number of hydrogen-bond acceptors (Lipinski definition) is 3. The van der Waals surface area contributed by atoms with Crippen molar-refractivity contribution in [1.29, 1.82) is 0 Å². The summed E-state index contributed by atoms with van der Waals surface area (Å²) < 4.78 is 0. The maximum atomic E-state index is 12.6. The predicted molar refractivity (Wildman–Crippen MR) is 95.4 cm³/mol. The van der Waals surface area contributed by atoms with Gasteiger partial charge in [0.1, 0.15) is 12.8 Å². The molecule has 0 atom stereocenters. The van der Waals surface area contributed by atoms with Crippen LogP contribution in [0, 0.1) is 6.92 Å². The van der Waals surface area contributed by atoms with E-state index in [9.17, 15) is 4.79 Å². The summed E-state index contributed by atoms with van der Waals surface area (Å²) in [6, 6.07) is 11.7. The number of rotatable bonds is 1. The highest BCUT2D eigenvalue weighted by molar-refractivity contribution is 6.39. The molecule has 1 amide bonds. The van der Waals surface area contributed by atoms with Gasteiger partial charge in [0.25, 0.3) is 5.91 Å². The minimum absolute atomic E-state index is 0.127. The van der Waals surface area contributed by atoms with Crippen molar-refractivity contribution in [2.75, 3.05) is 12.4 Å². The van der Waals surface area contributed by atoms with Gasteiger partial charge in [0.15, 0.2) is 0 Å². The van der Waals surface area contributed by atoms with Crippen molar-refractivity contribution in [2.45, 2.75) is 13.3 Å². The highest BCUT2D eigenvalue weighted by Crippen LogP contribution is 2.41. The molecule has 1 N–H and O–H groups in total. The van der Waals surface area contributed by atoms with Gasteiger partial charge >= 0.3 is 0 Å². The second-order valence-corrected chi connectivity index (χ2v) is 6.32. The normalized spacial score (nSPS) is 20.1. The lowest BCUT2D eigenvalue weighted by Gasteiger charge is -2.06. The van der Waals surface area contributed by atoms with Gasteiger partial charge in [0.2, 0.25) is 0 Å². The van der Waals surface area contributed by atoms with Crippen LogP contribution in [0.1, 0.15) is 22.3 Å². The molecule has 2 aromatic carbocycles. The van der Waals surface area contributed by atoms with E-state index in [2.05, 4.69) is 10.5 Å². The highest BCUT2D eigenvalue weighted by atomic mass is 35.5. The second kappa shape index (κ2) is 5.49. The molecule has 2 aromatic rings. The number of benzene rings is 2. The van der Waals surface area contributed by atoms with Gasteiger partial charge in [-0.3, -0.25) is 4.79 Å². The molecule has 120 valence electrons. The Balaban J connectivity index is 1.97. The van der Waals surface area contributed by atoms with Gasteiger partial charge in [-0.05, 0) is 35.8 Å². The van der Waals surface area contributed by atoms with Gasteiger partial charge in [0.05, 0.1) is 5.57 Å². The average Bonchev–Trinajstić information content (AvgIpc) is 3.06. The van der Waals surface area contributed by atoms with E-state index in [0.29, 0.717) is 22.7 Å². The lowest BCUT2D eigenvalue weighted by atomic mass is 9.97. The molecule has 5 heteroatoms. The number of anilines is 1. The minimum atomic E-state index is -0.127. The van der Waals surface area contributed by atoms with Gasteiger partial charge in [-0.15, -0.1) is 0 Å². The quantitative estimate of drug-likeness (QED) is 0.632. The number of carbonyl (C=O) groups excluding carboxylic acids is 1. The number of amides is 1. The van der Waals surface area contributed by atoms with Crippen LogP contribution in [0.2, 0.25) is 5.02 Å². The first-order valence-electron chi connectivity index (χ1n) is 7.65. The van der Waals surface area contributed by atoms with Crippen molar-refractivity contribution in [1.82, 2.24) is 0 Å². The van der Waals surface area contributed by atoms with Crippen LogP contribution in [0.5, 0.6) is 0 Å². The van der Waals surface area contributed by atoms with Gasteiger partial charge in [-0.1, -0.05) is 41.0 Å². The van der Waals surface area contributed by atoms with E-state index in [-0.39, 0.29) is 5.91 Å². The molecule has 4 nitrogen and oxygen atoms in total. The third kappa shape index (κ3) is 2.14. The first-order valence-corrected chi connectivity index (χ1v) is 8.02.